The fraction of sp³-hybridized carbons (Fsp3) is 0.130. The first-order chi connectivity index (χ1) is 13.7. The number of hydrogen-bond acceptors (Lipinski definition) is 3. The standard InChI is InChI=1S/C23H18FNO3/c24-18-8-10-19(11-9-18)25-22(21(14-26)23(25)27)17-6-12-20(13-7-17)28-15-16-4-2-1-3-5-16/h1-14,21-22H,15H2/t21-,22-/m0/s1. The summed E-state index contributed by atoms with van der Waals surface area (Å²) in [5, 5.41) is 0. The minimum atomic E-state index is -0.735. The van der Waals surface area contributed by atoms with Gasteiger partial charge < -0.3 is 14.4 Å². The van der Waals surface area contributed by atoms with Gasteiger partial charge in [0.25, 0.3) is 0 Å². The second-order valence-corrected chi connectivity index (χ2v) is 6.63. The Morgan fingerprint density at radius 1 is 0.929 bits per heavy atom. The molecule has 3 aromatic rings. The molecule has 140 valence electrons. The monoisotopic (exact) mass is 375 g/mol. The molecule has 0 spiro atoms. The van der Waals surface area contributed by atoms with Crippen molar-refractivity contribution in [1.82, 2.24) is 0 Å². The molecule has 0 radical (unpaired) electrons. The van der Waals surface area contributed by atoms with E-state index in [0.29, 0.717) is 24.3 Å². The molecule has 1 heterocycles. The van der Waals surface area contributed by atoms with Crippen LogP contribution in [0, 0.1) is 11.7 Å². The number of carbonyl (C=O) groups is 2. The first-order valence-electron chi connectivity index (χ1n) is 8.98. The van der Waals surface area contributed by atoms with E-state index >= 15 is 0 Å². The predicted molar refractivity (Wildman–Crippen MR) is 103 cm³/mol. The van der Waals surface area contributed by atoms with E-state index in [1.165, 1.54) is 17.0 Å². The molecular formula is C23H18FNO3. The van der Waals surface area contributed by atoms with Crippen LogP contribution in [0.4, 0.5) is 10.1 Å². The Kier molecular flexibility index (Phi) is 4.89. The summed E-state index contributed by atoms with van der Waals surface area (Å²) in [7, 11) is 0. The molecule has 0 bridgehead atoms. The number of nitrogens with zero attached hydrogens (tertiary/aromatic N) is 1. The third-order valence-electron chi connectivity index (χ3n) is 4.86. The fourth-order valence-corrected chi connectivity index (χ4v) is 3.39. The van der Waals surface area contributed by atoms with Gasteiger partial charge in [0.2, 0.25) is 5.91 Å². The fourth-order valence-electron chi connectivity index (χ4n) is 3.39. The number of carbonyl (C=O) groups excluding carboxylic acids is 2. The van der Waals surface area contributed by atoms with Crippen molar-refractivity contribution < 1.29 is 18.7 Å². The average molecular weight is 375 g/mol. The topological polar surface area (TPSA) is 46.6 Å². The van der Waals surface area contributed by atoms with Crippen molar-refractivity contribution >= 4 is 17.9 Å². The Hall–Kier alpha value is -3.47. The van der Waals surface area contributed by atoms with E-state index in [9.17, 15) is 14.0 Å². The average Bonchev–Trinajstić information content (AvgIpc) is 2.73. The van der Waals surface area contributed by atoms with Crippen LogP contribution in [-0.4, -0.2) is 12.2 Å². The molecule has 1 fully saturated rings. The summed E-state index contributed by atoms with van der Waals surface area (Å²) in [5.74, 6) is -0.688. The number of halogens is 1. The van der Waals surface area contributed by atoms with E-state index in [0.717, 1.165) is 11.1 Å². The van der Waals surface area contributed by atoms with Gasteiger partial charge in [0.05, 0.1) is 6.04 Å². The molecular weight excluding hydrogens is 357 g/mol. The van der Waals surface area contributed by atoms with Gasteiger partial charge in [-0.15, -0.1) is 0 Å². The molecule has 0 aliphatic carbocycles. The number of β-lactam (4-membered cyclic amide) rings is 1. The van der Waals surface area contributed by atoms with Gasteiger partial charge in [-0.2, -0.15) is 0 Å². The van der Waals surface area contributed by atoms with Gasteiger partial charge in [-0.25, -0.2) is 4.39 Å². The van der Waals surface area contributed by atoms with E-state index < -0.39 is 12.0 Å². The van der Waals surface area contributed by atoms with Gasteiger partial charge in [-0.1, -0.05) is 42.5 Å². The van der Waals surface area contributed by atoms with Gasteiger partial charge in [-0.05, 0) is 47.5 Å². The number of ether oxygens (including phenoxy) is 1. The molecule has 2 atom stereocenters. The lowest BCUT2D eigenvalue weighted by Gasteiger charge is -2.45. The molecule has 0 unspecified atom stereocenters. The first kappa shape index (κ1) is 17.9. The molecule has 4 rings (SSSR count). The van der Waals surface area contributed by atoms with E-state index in [1.54, 1.807) is 12.1 Å². The summed E-state index contributed by atoms with van der Waals surface area (Å²) >= 11 is 0. The van der Waals surface area contributed by atoms with E-state index in [-0.39, 0.29) is 11.7 Å². The van der Waals surface area contributed by atoms with Gasteiger partial charge >= 0.3 is 0 Å². The van der Waals surface area contributed by atoms with Crippen LogP contribution in [0.5, 0.6) is 5.75 Å². The zero-order valence-corrected chi connectivity index (χ0v) is 15.0. The first-order valence-corrected chi connectivity index (χ1v) is 8.98. The lowest BCUT2D eigenvalue weighted by atomic mass is 9.83. The lowest BCUT2D eigenvalue weighted by molar-refractivity contribution is -0.134. The van der Waals surface area contributed by atoms with Gasteiger partial charge in [-0.3, -0.25) is 4.79 Å². The molecule has 0 aromatic heterocycles. The summed E-state index contributed by atoms with van der Waals surface area (Å²) < 4.78 is 19.0. The molecule has 0 saturated carbocycles. The Morgan fingerprint density at radius 3 is 2.25 bits per heavy atom. The van der Waals surface area contributed by atoms with Crippen molar-refractivity contribution in [2.45, 2.75) is 12.6 Å². The van der Waals surface area contributed by atoms with E-state index in [1.807, 2.05) is 54.6 Å². The molecule has 1 saturated heterocycles. The smallest absolute Gasteiger partial charge is 0.240 e. The van der Waals surface area contributed by atoms with E-state index in [4.69, 9.17) is 4.74 Å². The Labute approximate surface area is 162 Å². The van der Waals surface area contributed by atoms with Crippen molar-refractivity contribution in [2.75, 3.05) is 4.90 Å². The summed E-state index contributed by atoms with van der Waals surface area (Å²) in [6.45, 7) is 0.459. The quantitative estimate of drug-likeness (QED) is 0.366. The molecule has 3 aromatic carbocycles. The number of amides is 1. The van der Waals surface area contributed by atoms with Gasteiger partial charge in [0.15, 0.2) is 0 Å². The van der Waals surface area contributed by atoms with Crippen molar-refractivity contribution in [2.24, 2.45) is 5.92 Å². The third kappa shape index (κ3) is 3.39. The van der Waals surface area contributed by atoms with Crippen LogP contribution in [-0.2, 0) is 16.2 Å². The SMILES string of the molecule is O=C[C@@H]1C(=O)N(c2ccc(F)cc2)[C@H]1c1ccc(OCc2ccccc2)cc1. The maximum atomic E-state index is 13.2. The van der Waals surface area contributed by atoms with Crippen LogP contribution >= 0.6 is 0 Å². The highest BCUT2D eigenvalue weighted by molar-refractivity contribution is 6.10. The summed E-state index contributed by atoms with van der Waals surface area (Å²) in [6.07, 6.45) is 0.673. The number of rotatable bonds is 6. The predicted octanol–water partition coefficient (Wildman–Crippen LogP) is 4.31. The van der Waals surface area contributed by atoms with E-state index in [2.05, 4.69) is 0 Å². The molecule has 4 nitrogen and oxygen atoms in total. The highest BCUT2D eigenvalue weighted by Gasteiger charge is 2.48. The molecule has 1 amide bonds. The minimum Gasteiger partial charge on any atom is -0.489 e. The maximum absolute atomic E-state index is 13.2. The molecule has 1 aliphatic heterocycles. The second-order valence-electron chi connectivity index (χ2n) is 6.63. The minimum absolute atomic E-state index is 0.281. The van der Waals surface area contributed by atoms with Crippen LogP contribution in [0.15, 0.2) is 78.9 Å². The number of aldehydes is 1. The largest absolute Gasteiger partial charge is 0.489 e. The number of anilines is 1. The summed E-state index contributed by atoms with van der Waals surface area (Å²) in [6, 6.07) is 22.5. The molecule has 0 N–H and O–H groups in total. The number of benzene rings is 3. The normalized spacial score (nSPS) is 18.5. The molecule has 28 heavy (non-hydrogen) atoms. The van der Waals surface area contributed by atoms with Crippen LogP contribution in [0.3, 0.4) is 0 Å². The van der Waals surface area contributed by atoms with Crippen LogP contribution in [0.1, 0.15) is 17.2 Å². The zero-order valence-electron chi connectivity index (χ0n) is 15.0. The van der Waals surface area contributed by atoms with Gasteiger partial charge in [0, 0.05) is 5.69 Å². The van der Waals surface area contributed by atoms with Crippen LogP contribution in [0.25, 0.3) is 0 Å². The Morgan fingerprint density at radius 2 is 1.61 bits per heavy atom. The summed E-state index contributed by atoms with van der Waals surface area (Å²) in [5.41, 5.74) is 2.46. The van der Waals surface area contributed by atoms with Crippen molar-refractivity contribution in [3.63, 3.8) is 0 Å². The molecule has 1 aliphatic rings. The second kappa shape index (κ2) is 7.64. The number of hydrogen-bond donors (Lipinski definition) is 0. The van der Waals surface area contributed by atoms with Gasteiger partial charge in [0.1, 0.15) is 30.4 Å². The summed E-state index contributed by atoms with van der Waals surface area (Å²) in [4.78, 5) is 25.3. The highest BCUT2D eigenvalue weighted by Crippen LogP contribution is 2.42. The third-order valence-corrected chi connectivity index (χ3v) is 4.86. The maximum Gasteiger partial charge on any atom is 0.240 e. The van der Waals surface area contributed by atoms with Crippen molar-refractivity contribution in [3.8, 4) is 5.75 Å². The Bertz CT molecular complexity index is 971. The highest BCUT2D eigenvalue weighted by atomic mass is 19.1. The molecule has 5 heteroatoms. The van der Waals surface area contributed by atoms with Crippen LogP contribution < -0.4 is 9.64 Å². The lowest BCUT2D eigenvalue weighted by Crippen LogP contribution is -2.56. The zero-order chi connectivity index (χ0) is 19.5. The Balaban J connectivity index is 1.52. The van der Waals surface area contributed by atoms with Crippen molar-refractivity contribution in [1.29, 1.82) is 0 Å². The van der Waals surface area contributed by atoms with Crippen molar-refractivity contribution in [3.05, 3.63) is 95.8 Å². The van der Waals surface area contributed by atoms with Crippen LogP contribution in [0.2, 0.25) is 0 Å².